The van der Waals surface area contributed by atoms with Gasteiger partial charge < -0.3 is 5.73 Å². The number of hydrogen-bond acceptors (Lipinski definition) is 2. The van der Waals surface area contributed by atoms with Gasteiger partial charge in [-0.3, -0.25) is 0 Å². The summed E-state index contributed by atoms with van der Waals surface area (Å²) >= 11 is 7.95. The molecule has 0 radical (unpaired) electrons. The minimum Gasteiger partial charge on any atom is -0.324 e. The second kappa shape index (κ2) is 4.58. The summed E-state index contributed by atoms with van der Waals surface area (Å²) in [6.07, 6.45) is 0. The third-order valence-electron chi connectivity index (χ3n) is 2.55. The molecule has 0 saturated carbocycles. The molecular formula is C13H14ClNS. The highest BCUT2D eigenvalue weighted by Gasteiger charge is 2.07. The maximum atomic E-state index is 6.20. The average molecular weight is 252 g/mol. The van der Waals surface area contributed by atoms with E-state index in [1.165, 1.54) is 10.4 Å². The molecule has 1 nitrogen and oxygen atoms in total. The molecule has 0 fully saturated rings. The molecule has 0 amide bonds. The van der Waals surface area contributed by atoms with Crippen molar-refractivity contribution in [2.24, 2.45) is 5.73 Å². The van der Waals surface area contributed by atoms with Crippen LogP contribution in [0.15, 0.2) is 29.6 Å². The number of rotatable bonds is 2. The van der Waals surface area contributed by atoms with Gasteiger partial charge in [-0.1, -0.05) is 23.7 Å². The summed E-state index contributed by atoms with van der Waals surface area (Å²) < 4.78 is 0. The summed E-state index contributed by atoms with van der Waals surface area (Å²) in [7, 11) is 0. The molecule has 0 aliphatic rings. The summed E-state index contributed by atoms with van der Waals surface area (Å²) in [5.41, 5.74) is 9.20. The molecule has 1 aromatic heterocycles. The van der Waals surface area contributed by atoms with E-state index < -0.39 is 0 Å². The molecule has 0 saturated heterocycles. The molecular weight excluding hydrogens is 238 g/mol. The topological polar surface area (TPSA) is 26.0 Å². The second-order valence-corrected chi connectivity index (χ2v) is 5.49. The highest BCUT2D eigenvalue weighted by molar-refractivity contribution is 7.10. The monoisotopic (exact) mass is 251 g/mol. The Morgan fingerprint density at radius 2 is 2.00 bits per heavy atom. The van der Waals surface area contributed by atoms with E-state index in [0.717, 1.165) is 16.1 Å². The van der Waals surface area contributed by atoms with E-state index in [2.05, 4.69) is 24.4 Å². The first-order chi connectivity index (χ1) is 7.58. The van der Waals surface area contributed by atoms with Crippen molar-refractivity contribution in [2.45, 2.75) is 19.9 Å². The van der Waals surface area contributed by atoms with Gasteiger partial charge in [0.05, 0.1) is 0 Å². The first-order valence-corrected chi connectivity index (χ1v) is 6.44. The zero-order valence-electron chi connectivity index (χ0n) is 9.33. The molecule has 1 unspecified atom stereocenters. The Balaban J connectivity index is 2.42. The van der Waals surface area contributed by atoms with Gasteiger partial charge in [0.25, 0.3) is 0 Å². The van der Waals surface area contributed by atoms with Crippen LogP contribution in [0.1, 0.15) is 23.4 Å². The van der Waals surface area contributed by atoms with Gasteiger partial charge in [-0.05, 0) is 48.1 Å². The quantitative estimate of drug-likeness (QED) is 0.841. The summed E-state index contributed by atoms with van der Waals surface area (Å²) in [5, 5.41) is 2.89. The van der Waals surface area contributed by atoms with E-state index in [0.29, 0.717) is 0 Å². The zero-order valence-corrected chi connectivity index (χ0v) is 10.9. The highest BCUT2D eigenvalue weighted by atomic mass is 35.5. The van der Waals surface area contributed by atoms with Gasteiger partial charge in [0.15, 0.2) is 0 Å². The van der Waals surface area contributed by atoms with E-state index >= 15 is 0 Å². The van der Waals surface area contributed by atoms with Crippen LogP contribution in [0.3, 0.4) is 0 Å². The van der Waals surface area contributed by atoms with Crippen molar-refractivity contribution in [1.29, 1.82) is 0 Å². The standard InChI is InChI=1S/C13H14ClNS/c1-8-5-11(7-16-8)10-3-4-12(9(2)15)13(14)6-10/h3-7,9H,15H2,1-2H3. The highest BCUT2D eigenvalue weighted by Crippen LogP contribution is 2.30. The largest absolute Gasteiger partial charge is 0.324 e. The Morgan fingerprint density at radius 3 is 2.50 bits per heavy atom. The summed E-state index contributed by atoms with van der Waals surface area (Å²) in [6.45, 7) is 4.04. The number of hydrogen-bond donors (Lipinski definition) is 1. The van der Waals surface area contributed by atoms with E-state index in [1.54, 1.807) is 11.3 Å². The molecule has 84 valence electrons. The van der Waals surface area contributed by atoms with Gasteiger partial charge in [0.2, 0.25) is 0 Å². The lowest BCUT2D eigenvalue weighted by Gasteiger charge is -2.09. The molecule has 2 aromatic rings. The fraction of sp³-hybridized carbons (Fsp3) is 0.231. The van der Waals surface area contributed by atoms with E-state index in [1.807, 2.05) is 19.1 Å². The molecule has 1 heterocycles. The number of thiophene rings is 1. The Bertz CT molecular complexity index is 502. The van der Waals surface area contributed by atoms with Crippen LogP contribution in [-0.4, -0.2) is 0 Å². The zero-order chi connectivity index (χ0) is 11.7. The Morgan fingerprint density at radius 1 is 1.25 bits per heavy atom. The van der Waals surface area contributed by atoms with E-state index in [-0.39, 0.29) is 6.04 Å². The number of halogens is 1. The number of nitrogens with two attached hydrogens (primary N) is 1. The molecule has 1 atom stereocenters. The van der Waals surface area contributed by atoms with Crippen molar-refractivity contribution in [2.75, 3.05) is 0 Å². The molecule has 16 heavy (non-hydrogen) atoms. The third-order valence-corrected chi connectivity index (χ3v) is 3.74. The minimum atomic E-state index is -0.0224. The van der Waals surface area contributed by atoms with Gasteiger partial charge in [-0.15, -0.1) is 11.3 Å². The van der Waals surface area contributed by atoms with Crippen molar-refractivity contribution in [1.82, 2.24) is 0 Å². The molecule has 3 heteroatoms. The van der Waals surface area contributed by atoms with Crippen LogP contribution in [0.4, 0.5) is 0 Å². The first kappa shape index (κ1) is 11.6. The van der Waals surface area contributed by atoms with Crippen molar-refractivity contribution in [3.63, 3.8) is 0 Å². The molecule has 0 aliphatic carbocycles. The van der Waals surface area contributed by atoms with Crippen LogP contribution in [0.25, 0.3) is 11.1 Å². The Labute approximate surface area is 105 Å². The fourth-order valence-electron chi connectivity index (χ4n) is 1.67. The molecule has 0 bridgehead atoms. The molecule has 0 aliphatic heterocycles. The lowest BCUT2D eigenvalue weighted by Crippen LogP contribution is -2.05. The van der Waals surface area contributed by atoms with Crippen molar-refractivity contribution in [3.05, 3.63) is 45.1 Å². The van der Waals surface area contributed by atoms with Gasteiger partial charge in [0.1, 0.15) is 0 Å². The minimum absolute atomic E-state index is 0.0224. The smallest absolute Gasteiger partial charge is 0.0459 e. The second-order valence-electron chi connectivity index (χ2n) is 3.97. The predicted molar refractivity (Wildman–Crippen MR) is 72.1 cm³/mol. The van der Waals surface area contributed by atoms with Crippen molar-refractivity contribution < 1.29 is 0 Å². The lowest BCUT2D eigenvalue weighted by atomic mass is 10.0. The van der Waals surface area contributed by atoms with E-state index in [9.17, 15) is 0 Å². The molecule has 2 rings (SSSR count). The van der Waals surface area contributed by atoms with Crippen LogP contribution in [-0.2, 0) is 0 Å². The van der Waals surface area contributed by atoms with Gasteiger partial charge >= 0.3 is 0 Å². The fourth-order valence-corrected chi connectivity index (χ4v) is 2.74. The average Bonchev–Trinajstić information content (AvgIpc) is 2.64. The van der Waals surface area contributed by atoms with E-state index in [4.69, 9.17) is 17.3 Å². The van der Waals surface area contributed by atoms with Crippen LogP contribution in [0.5, 0.6) is 0 Å². The van der Waals surface area contributed by atoms with Crippen molar-refractivity contribution >= 4 is 22.9 Å². The normalized spacial score (nSPS) is 12.8. The molecule has 0 spiro atoms. The first-order valence-electron chi connectivity index (χ1n) is 5.18. The Hall–Kier alpha value is -0.830. The lowest BCUT2D eigenvalue weighted by molar-refractivity contribution is 0.819. The van der Waals surface area contributed by atoms with Gasteiger partial charge in [0, 0.05) is 15.9 Å². The van der Waals surface area contributed by atoms with Gasteiger partial charge in [-0.25, -0.2) is 0 Å². The van der Waals surface area contributed by atoms with Crippen LogP contribution < -0.4 is 5.73 Å². The summed E-state index contributed by atoms with van der Waals surface area (Å²) in [5.74, 6) is 0. The number of aryl methyl sites for hydroxylation is 1. The van der Waals surface area contributed by atoms with Crippen LogP contribution in [0, 0.1) is 6.92 Å². The summed E-state index contributed by atoms with van der Waals surface area (Å²) in [4.78, 5) is 1.31. The summed E-state index contributed by atoms with van der Waals surface area (Å²) in [6, 6.07) is 8.22. The maximum Gasteiger partial charge on any atom is 0.0459 e. The SMILES string of the molecule is Cc1cc(-c2ccc(C(C)N)c(Cl)c2)cs1. The molecule has 1 aromatic carbocycles. The van der Waals surface area contributed by atoms with Gasteiger partial charge in [-0.2, -0.15) is 0 Å². The predicted octanol–water partition coefficient (Wildman–Crippen LogP) is 4.40. The van der Waals surface area contributed by atoms with Crippen molar-refractivity contribution in [3.8, 4) is 11.1 Å². The van der Waals surface area contributed by atoms with Crippen LogP contribution in [0.2, 0.25) is 5.02 Å². The number of benzene rings is 1. The van der Waals surface area contributed by atoms with Crippen LogP contribution >= 0.6 is 22.9 Å². The Kier molecular flexibility index (Phi) is 3.33. The maximum absolute atomic E-state index is 6.20. The molecule has 2 N–H and O–H groups in total. The third kappa shape index (κ3) is 2.29.